The normalized spacial score (nSPS) is 9.20. The first-order valence-corrected chi connectivity index (χ1v) is 3.86. The minimum absolute atomic E-state index is 0.122. The van der Waals surface area contributed by atoms with Crippen LogP contribution in [0.5, 0.6) is 0 Å². The van der Waals surface area contributed by atoms with Gasteiger partial charge in [0, 0.05) is 6.20 Å². The van der Waals surface area contributed by atoms with Crippen molar-refractivity contribution in [3.8, 4) is 0 Å². The number of amides is 3. The van der Waals surface area contributed by atoms with Crippen LogP contribution in [0.4, 0.5) is 10.5 Å². The summed E-state index contributed by atoms with van der Waals surface area (Å²) >= 11 is 0. The predicted octanol–water partition coefficient (Wildman–Crippen LogP) is -0.804. The Hall–Kier alpha value is -2.19. The van der Waals surface area contributed by atoms with Crippen molar-refractivity contribution in [2.75, 3.05) is 5.32 Å². The molecule has 0 aliphatic carbocycles. The maximum absolute atomic E-state index is 11.1. The number of rotatable bonds is 2. The molecule has 1 aromatic heterocycles. The van der Waals surface area contributed by atoms with Gasteiger partial charge in [-0.15, -0.1) is 0 Å². The molecular weight excluding hydrogens is 202 g/mol. The standard InChI is InChI=1S/C7H9N5O3/c8-11-7(14)10-4-2-1-3-9-5(4)6(13)12-15/h1-3,15H,8H2,(H,12,13)(H2,10,11,14). The van der Waals surface area contributed by atoms with Crippen molar-refractivity contribution in [2.24, 2.45) is 5.84 Å². The molecule has 8 heteroatoms. The van der Waals surface area contributed by atoms with Gasteiger partial charge in [0.25, 0.3) is 5.91 Å². The van der Waals surface area contributed by atoms with E-state index < -0.39 is 11.9 Å². The van der Waals surface area contributed by atoms with Gasteiger partial charge in [-0.25, -0.2) is 21.1 Å². The highest BCUT2D eigenvalue weighted by Crippen LogP contribution is 2.11. The van der Waals surface area contributed by atoms with Crippen molar-refractivity contribution in [2.45, 2.75) is 0 Å². The first kappa shape index (κ1) is 10.9. The summed E-state index contributed by atoms with van der Waals surface area (Å²) < 4.78 is 0. The molecule has 0 unspecified atom stereocenters. The first-order valence-electron chi connectivity index (χ1n) is 3.86. The van der Waals surface area contributed by atoms with Gasteiger partial charge in [0.05, 0.1) is 5.69 Å². The first-order chi connectivity index (χ1) is 7.19. The Morgan fingerprint density at radius 3 is 2.80 bits per heavy atom. The number of nitrogens with two attached hydrogens (primary N) is 1. The third-order valence-corrected chi connectivity index (χ3v) is 1.50. The number of nitrogens with one attached hydrogen (secondary N) is 3. The molecule has 0 aliphatic heterocycles. The molecule has 0 saturated carbocycles. The number of nitrogens with zero attached hydrogens (tertiary/aromatic N) is 1. The summed E-state index contributed by atoms with van der Waals surface area (Å²) in [5, 5.41) is 10.7. The summed E-state index contributed by atoms with van der Waals surface area (Å²) in [4.78, 5) is 25.6. The summed E-state index contributed by atoms with van der Waals surface area (Å²) in [5.41, 5.74) is 3.24. The van der Waals surface area contributed by atoms with Crippen molar-refractivity contribution in [3.63, 3.8) is 0 Å². The van der Waals surface area contributed by atoms with Crippen LogP contribution in [-0.4, -0.2) is 22.1 Å². The minimum atomic E-state index is -0.831. The van der Waals surface area contributed by atoms with Crippen molar-refractivity contribution >= 4 is 17.6 Å². The Labute approximate surface area is 84.4 Å². The quantitative estimate of drug-likeness (QED) is 0.189. The Balaban J connectivity index is 2.96. The molecule has 3 amide bonds. The molecule has 1 aromatic rings. The number of hydrogen-bond acceptors (Lipinski definition) is 5. The van der Waals surface area contributed by atoms with Crippen LogP contribution in [0, 0.1) is 0 Å². The van der Waals surface area contributed by atoms with Crippen LogP contribution in [0.25, 0.3) is 0 Å². The van der Waals surface area contributed by atoms with Gasteiger partial charge >= 0.3 is 6.03 Å². The summed E-state index contributed by atoms with van der Waals surface area (Å²) in [6.07, 6.45) is 1.34. The van der Waals surface area contributed by atoms with Crippen LogP contribution in [0.15, 0.2) is 18.3 Å². The Morgan fingerprint density at radius 2 is 2.20 bits per heavy atom. The van der Waals surface area contributed by atoms with Crippen LogP contribution in [0.2, 0.25) is 0 Å². The van der Waals surface area contributed by atoms with E-state index in [0.29, 0.717) is 0 Å². The SMILES string of the molecule is NNC(=O)Nc1cccnc1C(=O)NO. The lowest BCUT2D eigenvalue weighted by Gasteiger charge is -2.07. The van der Waals surface area contributed by atoms with Crippen molar-refractivity contribution in [1.82, 2.24) is 15.9 Å². The van der Waals surface area contributed by atoms with E-state index in [1.54, 1.807) is 0 Å². The molecule has 0 atom stereocenters. The lowest BCUT2D eigenvalue weighted by atomic mass is 10.3. The maximum Gasteiger partial charge on any atom is 0.333 e. The van der Waals surface area contributed by atoms with Crippen molar-refractivity contribution in [3.05, 3.63) is 24.0 Å². The fourth-order valence-corrected chi connectivity index (χ4v) is 0.898. The third-order valence-electron chi connectivity index (χ3n) is 1.50. The summed E-state index contributed by atoms with van der Waals surface area (Å²) in [5.74, 6) is 4.02. The average Bonchev–Trinajstić information content (AvgIpc) is 2.28. The maximum atomic E-state index is 11.1. The zero-order chi connectivity index (χ0) is 11.3. The van der Waals surface area contributed by atoms with E-state index in [9.17, 15) is 9.59 Å². The molecule has 6 N–H and O–H groups in total. The van der Waals surface area contributed by atoms with Crippen molar-refractivity contribution in [1.29, 1.82) is 0 Å². The fraction of sp³-hybridized carbons (Fsp3) is 0. The van der Waals surface area contributed by atoms with Crippen LogP contribution < -0.4 is 22.1 Å². The number of hydroxylamine groups is 1. The average molecular weight is 211 g/mol. The Kier molecular flexibility index (Phi) is 3.55. The summed E-state index contributed by atoms with van der Waals surface area (Å²) in [6.45, 7) is 0. The smallest absolute Gasteiger partial charge is 0.305 e. The molecule has 0 aliphatic rings. The van der Waals surface area contributed by atoms with Gasteiger partial charge in [0.15, 0.2) is 5.69 Å². The monoisotopic (exact) mass is 211 g/mol. The number of carbonyl (C=O) groups is 2. The number of hydrazine groups is 1. The van der Waals surface area contributed by atoms with E-state index in [2.05, 4.69) is 10.3 Å². The number of anilines is 1. The Morgan fingerprint density at radius 1 is 1.47 bits per heavy atom. The van der Waals surface area contributed by atoms with E-state index in [1.807, 2.05) is 5.43 Å². The van der Waals surface area contributed by atoms with Crippen LogP contribution >= 0.6 is 0 Å². The molecule has 1 heterocycles. The molecule has 0 saturated heterocycles. The molecule has 0 fully saturated rings. The van der Waals surface area contributed by atoms with E-state index >= 15 is 0 Å². The Bertz CT molecular complexity index is 381. The van der Waals surface area contributed by atoms with Gasteiger partial charge in [-0.1, -0.05) is 0 Å². The molecular formula is C7H9N5O3. The minimum Gasteiger partial charge on any atom is -0.305 e. The van der Waals surface area contributed by atoms with Crippen LogP contribution in [0.1, 0.15) is 10.5 Å². The topological polar surface area (TPSA) is 129 Å². The fourth-order valence-electron chi connectivity index (χ4n) is 0.898. The van der Waals surface area contributed by atoms with Gasteiger partial charge in [-0.3, -0.25) is 15.4 Å². The highest BCUT2D eigenvalue weighted by Gasteiger charge is 2.13. The molecule has 0 aromatic carbocycles. The van der Waals surface area contributed by atoms with E-state index in [0.717, 1.165) is 0 Å². The van der Waals surface area contributed by atoms with Crippen LogP contribution in [-0.2, 0) is 0 Å². The number of pyridine rings is 1. The van der Waals surface area contributed by atoms with Gasteiger partial charge < -0.3 is 5.32 Å². The number of hydrogen-bond donors (Lipinski definition) is 5. The largest absolute Gasteiger partial charge is 0.333 e. The number of aromatic nitrogens is 1. The van der Waals surface area contributed by atoms with E-state index in [4.69, 9.17) is 11.0 Å². The van der Waals surface area contributed by atoms with E-state index in [-0.39, 0.29) is 11.4 Å². The molecule has 80 valence electrons. The second kappa shape index (κ2) is 4.88. The highest BCUT2D eigenvalue weighted by molar-refractivity contribution is 6.01. The molecule has 0 bridgehead atoms. The van der Waals surface area contributed by atoms with Crippen molar-refractivity contribution < 1.29 is 14.8 Å². The van der Waals surface area contributed by atoms with Gasteiger partial charge in [-0.05, 0) is 12.1 Å². The van der Waals surface area contributed by atoms with Gasteiger partial charge in [0.2, 0.25) is 0 Å². The lowest BCUT2D eigenvalue weighted by Crippen LogP contribution is -2.35. The highest BCUT2D eigenvalue weighted by atomic mass is 16.5. The molecule has 15 heavy (non-hydrogen) atoms. The van der Waals surface area contributed by atoms with E-state index in [1.165, 1.54) is 23.8 Å². The number of urea groups is 1. The lowest BCUT2D eigenvalue weighted by molar-refractivity contribution is 0.0702. The number of carbonyl (C=O) groups excluding carboxylic acids is 2. The summed E-state index contributed by atoms with van der Waals surface area (Å²) in [7, 11) is 0. The predicted molar refractivity (Wildman–Crippen MR) is 49.8 cm³/mol. The van der Waals surface area contributed by atoms with Gasteiger partial charge in [-0.2, -0.15) is 0 Å². The molecule has 0 radical (unpaired) electrons. The summed E-state index contributed by atoms with van der Waals surface area (Å²) in [6, 6.07) is 2.25. The third kappa shape index (κ3) is 2.62. The molecule has 8 nitrogen and oxygen atoms in total. The zero-order valence-corrected chi connectivity index (χ0v) is 7.52. The van der Waals surface area contributed by atoms with Gasteiger partial charge in [0.1, 0.15) is 0 Å². The van der Waals surface area contributed by atoms with Crippen LogP contribution in [0.3, 0.4) is 0 Å². The zero-order valence-electron chi connectivity index (χ0n) is 7.52. The second-order valence-corrected chi connectivity index (χ2v) is 2.44. The molecule has 1 rings (SSSR count). The molecule has 0 spiro atoms. The second-order valence-electron chi connectivity index (χ2n) is 2.44.